The largest absolute Gasteiger partial charge is 0.463 e. The van der Waals surface area contributed by atoms with Crippen LogP contribution in [0.25, 0.3) is 11.1 Å². The van der Waals surface area contributed by atoms with Gasteiger partial charge in [0.05, 0.1) is 18.6 Å². The van der Waals surface area contributed by atoms with Crippen molar-refractivity contribution in [3.05, 3.63) is 96.1 Å². The Hall–Kier alpha value is -3.97. The van der Waals surface area contributed by atoms with E-state index in [1.807, 2.05) is 42.5 Å². The molecule has 184 valence electrons. The zero-order valence-corrected chi connectivity index (χ0v) is 19.5. The highest BCUT2D eigenvalue weighted by molar-refractivity contribution is 5.90. The molecule has 0 unspecified atom stereocenters. The molecule has 5 rings (SSSR count). The lowest BCUT2D eigenvalue weighted by atomic mass is 9.93. The first-order valence-corrected chi connectivity index (χ1v) is 11.9. The third-order valence-corrected chi connectivity index (χ3v) is 6.90. The van der Waals surface area contributed by atoms with Gasteiger partial charge in [0.2, 0.25) is 0 Å². The van der Waals surface area contributed by atoms with E-state index < -0.39 is 36.2 Å². The molecule has 0 bridgehead atoms. The van der Waals surface area contributed by atoms with Crippen LogP contribution in [-0.2, 0) is 23.8 Å². The smallest absolute Gasteiger partial charge is 0.339 e. The van der Waals surface area contributed by atoms with Crippen molar-refractivity contribution in [2.75, 3.05) is 6.61 Å². The Bertz CT molecular complexity index is 1220. The first kappa shape index (κ1) is 23.8. The van der Waals surface area contributed by atoms with Gasteiger partial charge in [-0.25, -0.2) is 9.59 Å². The molecule has 0 spiro atoms. The van der Waals surface area contributed by atoms with Crippen molar-refractivity contribution in [1.29, 1.82) is 0 Å². The van der Waals surface area contributed by atoms with Gasteiger partial charge in [-0.3, -0.25) is 4.79 Å². The van der Waals surface area contributed by atoms with Crippen molar-refractivity contribution < 1.29 is 33.7 Å². The molecule has 3 aromatic rings. The van der Waals surface area contributed by atoms with Crippen LogP contribution in [0.2, 0.25) is 0 Å². The molecule has 7 nitrogen and oxygen atoms in total. The summed E-state index contributed by atoms with van der Waals surface area (Å²) in [4.78, 5) is 37.3. The van der Waals surface area contributed by atoms with Crippen LogP contribution in [0.15, 0.2) is 84.9 Å². The number of aliphatic hydroxyl groups is 1. The van der Waals surface area contributed by atoms with Gasteiger partial charge in [-0.05, 0) is 28.8 Å². The summed E-state index contributed by atoms with van der Waals surface area (Å²) >= 11 is 0. The van der Waals surface area contributed by atoms with E-state index in [2.05, 4.69) is 0 Å². The minimum Gasteiger partial charge on any atom is -0.463 e. The van der Waals surface area contributed by atoms with Gasteiger partial charge in [0.25, 0.3) is 0 Å². The molecule has 1 aliphatic carbocycles. The van der Waals surface area contributed by atoms with Gasteiger partial charge >= 0.3 is 17.9 Å². The summed E-state index contributed by atoms with van der Waals surface area (Å²) in [6.45, 7) is -0.0918. The van der Waals surface area contributed by atoms with Crippen LogP contribution in [0.3, 0.4) is 0 Å². The van der Waals surface area contributed by atoms with Gasteiger partial charge in [-0.2, -0.15) is 0 Å². The molecule has 2 fully saturated rings. The molecule has 7 heteroatoms. The topological polar surface area (TPSA) is 99.1 Å². The zero-order valence-electron chi connectivity index (χ0n) is 19.5. The first-order chi connectivity index (χ1) is 17.5. The molecule has 5 atom stereocenters. The van der Waals surface area contributed by atoms with Gasteiger partial charge in [0.15, 0.2) is 6.10 Å². The molecule has 1 aliphatic heterocycles. The number of hydrogen-bond acceptors (Lipinski definition) is 7. The molecule has 1 heterocycles. The molecule has 2 aliphatic rings. The lowest BCUT2D eigenvalue weighted by Gasteiger charge is -2.23. The maximum absolute atomic E-state index is 12.9. The van der Waals surface area contributed by atoms with E-state index in [9.17, 15) is 19.5 Å². The molecule has 0 amide bonds. The van der Waals surface area contributed by atoms with E-state index in [-0.39, 0.29) is 24.9 Å². The van der Waals surface area contributed by atoms with E-state index in [0.717, 1.165) is 11.1 Å². The maximum atomic E-state index is 12.9. The molecular weight excluding hydrogens is 460 g/mol. The monoisotopic (exact) mass is 486 g/mol. The van der Waals surface area contributed by atoms with Gasteiger partial charge in [0.1, 0.15) is 12.2 Å². The third-order valence-electron chi connectivity index (χ3n) is 6.90. The van der Waals surface area contributed by atoms with Crippen LogP contribution in [0.5, 0.6) is 0 Å². The lowest BCUT2D eigenvalue weighted by Crippen LogP contribution is -2.31. The summed E-state index contributed by atoms with van der Waals surface area (Å²) in [5.74, 6) is -2.24. The average Bonchev–Trinajstić information content (AvgIpc) is 3.43. The number of hydrogen-bond donors (Lipinski definition) is 1. The predicted molar refractivity (Wildman–Crippen MR) is 130 cm³/mol. The Morgan fingerprint density at radius 1 is 0.917 bits per heavy atom. The van der Waals surface area contributed by atoms with E-state index in [1.165, 1.54) is 0 Å². The number of benzene rings is 3. The number of carbonyl (C=O) groups is 3. The van der Waals surface area contributed by atoms with Crippen molar-refractivity contribution in [3.63, 3.8) is 0 Å². The highest BCUT2D eigenvalue weighted by Gasteiger charge is 2.52. The van der Waals surface area contributed by atoms with Gasteiger partial charge in [-0.15, -0.1) is 0 Å². The Morgan fingerprint density at radius 3 is 2.25 bits per heavy atom. The van der Waals surface area contributed by atoms with Crippen LogP contribution in [0, 0.1) is 11.8 Å². The Kier molecular flexibility index (Phi) is 6.82. The van der Waals surface area contributed by atoms with Crippen molar-refractivity contribution in [2.45, 2.75) is 31.2 Å². The van der Waals surface area contributed by atoms with E-state index in [0.29, 0.717) is 17.5 Å². The highest BCUT2D eigenvalue weighted by Crippen LogP contribution is 2.43. The lowest BCUT2D eigenvalue weighted by molar-refractivity contribution is -0.156. The van der Waals surface area contributed by atoms with Crippen molar-refractivity contribution in [3.8, 4) is 11.1 Å². The minimum atomic E-state index is -1.42. The van der Waals surface area contributed by atoms with Crippen molar-refractivity contribution >= 4 is 17.9 Å². The summed E-state index contributed by atoms with van der Waals surface area (Å²) in [5, 5.41) is 10.3. The molecule has 0 radical (unpaired) electrons. The standard InChI is InChI=1S/C29H26O7/c30-26-15-22-23(17-34-29(33)27(31)20-9-5-2-6-10-20)25(16-24(22)35-26)36-28(32)21-13-11-19(12-14-21)18-7-3-1-4-8-18/h1-14,22-25,27,31H,15-17H2/t22-,23-,24-,25-,27+/m0/s1. The molecule has 1 N–H and O–H groups in total. The summed E-state index contributed by atoms with van der Waals surface area (Å²) in [6, 6.07) is 25.5. The Balaban J connectivity index is 1.25. The molecule has 0 aromatic heterocycles. The van der Waals surface area contributed by atoms with E-state index in [1.54, 1.807) is 42.5 Å². The van der Waals surface area contributed by atoms with Crippen LogP contribution >= 0.6 is 0 Å². The van der Waals surface area contributed by atoms with Gasteiger partial charge < -0.3 is 19.3 Å². The summed E-state index contributed by atoms with van der Waals surface area (Å²) in [5.41, 5.74) is 2.85. The minimum absolute atomic E-state index is 0.0918. The van der Waals surface area contributed by atoms with Crippen LogP contribution in [-0.4, -0.2) is 41.8 Å². The second-order valence-corrected chi connectivity index (χ2v) is 9.13. The van der Waals surface area contributed by atoms with Gasteiger partial charge in [-0.1, -0.05) is 72.8 Å². The fourth-order valence-corrected chi connectivity index (χ4v) is 4.99. The van der Waals surface area contributed by atoms with Crippen LogP contribution < -0.4 is 0 Å². The second-order valence-electron chi connectivity index (χ2n) is 9.13. The third kappa shape index (κ3) is 5.02. The van der Waals surface area contributed by atoms with Crippen molar-refractivity contribution in [2.24, 2.45) is 11.8 Å². The Morgan fingerprint density at radius 2 is 1.56 bits per heavy atom. The van der Waals surface area contributed by atoms with Crippen LogP contribution in [0.1, 0.15) is 34.9 Å². The number of rotatable bonds is 7. The highest BCUT2D eigenvalue weighted by atomic mass is 16.6. The summed E-state index contributed by atoms with van der Waals surface area (Å²) < 4.78 is 16.6. The fraction of sp³-hybridized carbons (Fsp3) is 0.276. The Labute approximate surface area is 208 Å². The van der Waals surface area contributed by atoms with E-state index >= 15 is 0 Å². The normalized spacial score (nSPS) is 23.4. The number of carbonyl (C=O) groups excluding carboxylic acids is 3. The number of fused-ring (bicyclic) bond motifs is 1. The quantitative estimate of drug-likeness (QED) is 0.396. The summed E-state index contributed by atoms with van der Waals surface area (Å²) in [7, 11) is 0. The molecule has 3 aromatic carbocycles. The second kappa shape index (κ2) is 10.3. The molecule has 36 heavy (non-hydrogen) atoms. The number of ether oxygens (including phenoxy) is 3. The zero-order chi connectivity index (χ0) is 25.1. The predicted octanol–water partition coefficient (Wildman–Crippen LogP) is 4.11. The SMILES string of the molecule is O=C1C[C@H]2[C@H](COC(=O)[C@H](O)c3ccccc3)[C@@H](OC(=O)c3ccc(-c4ccccc4)cc3)C[C@@H]2O1. The van der Waals surface area contributed by atoms with Crippen molar-refractivity contribution in [1.82, 2.24) is 0 Å². The molecule has 1 saturated carbocycles. The van der Waals surface area contributed by atoms with E-state index in [4.69, 9.17) is 14.2 Å². The number of aliphatic hydroxyl groups excluding tert-OH is 1. The molecular formula is C29H26O7. The summed E-state index contributed by atoms with van der Waals surface area (Å²) in [6.07, 6.45) is -1.88. The first-order valence-electron chi connectivity index (χ1n) is 11.9. The van der Waals surface area contributed by atoms with Gasteiger partial charge in [0, 0.05) is 18.3 Å². The number of esters is 3. The maximum Gasteiger partial charge on any atom is 0.339 e. The average molecular weight is 487 g/mol. The molecule has 1 saturated heterocycles. The fourth-order valence-electron chi connectivity index (χ4n) is 4.99. The van der Waals surface area contributed by atoms with Crippen LogP contribution in [0.4, 0.5) is 0 Å².